The van der Waals surface area contributed by atoms with Crippen molar-refractivity contribution in [2.45, 2.75) is 51.7 Å². The third-order valence-electron chi connectivity index (χ3n) is 5.45. The summed E-state index contributed by atoms with van der Waals surface area (Å²) in [5.41, 5.74) is 1.17. The van der Waals surface area contributed by atoms with Crippen LogP contribution >= 0.6 is 11.3 Å². The van der Waals surface area contributed by atoms with E-state index in [4.69, 9.17) is 4.74 Å². The zero-order valence-corrected chi connectivity index (χ0v) is 19.0. The molecule has 1 fully saturated rings. The van der Waals surface area contributed by atoms with E-state index in [-0.39, 0.29) is 16.8 Å². The van der Waals surface area contributed by atoms with E-state index >= 15 is 0 Å². The fourth-order valence-corrected chi connectivity index (χ4v) is 4.34. The van der Waals surface area contributed by atoms with Crippen LogP contribution < -0.4 is 10.6 Å². The molecule has 0 saturated carbocycles. The molecule has 2 aromatic rings. The van der Waals surface area contributed by atoms with Gasteiger partial charge >= 0.3 is 0 Å². The van der Waals surface area contributed by atoms with Gasteiger partial charge in [-0.2, -0.15) is 0 Å². The van der Waals surface area contributed by atoms with E-state index in [2.05, 4.69) is 32.7 Å². The van der Waals surface area contributed by atoms with Crippen LogP contribution in [0.2, 0.25) is 0 Å². The van der Waals surface area contributed by atoms with E-state index in [0.29, 0.717) is 35.5 Å². The van der Waals surface area contributed by atoms with Crippen molar-refractivity contribution in [2.24, 2.45) is 0 Å². The number of anilines is 1. The van der Waals surface area contributed by atoms with Gasteiger partial charge < -0.3 is 20.3 Å². The Balaban J connectivity index is 1.44. The van der Waals surface area contributed by atoms with Gasteiger partial charge in [-0.1, -0.05) is 24.2 Å². The molecule has 0 radical (unpaired) electrons. The minimum Gasteiger partial charge on any atom is -0.377 e. The lowest BCUT2D eigenvalue weighted by Crippen LogP contribution is -2.37. The largest absolute Gasteiger partial charge is 0.377 e. The van der Waals surface area contributed by atoms with Crippen LogP contribution in [0.25, 0.3) is 0 Å². The van der Waals surface area contributed by atoms with Crippen molar-refractivity contribution in [1.29, 1.82) is 0 Å². The molecule has 3 rings (SSSR count). The van der Waals surface area contributed by atoms with Crippen LogP contribution in [0.4, 0.5) is 5.69 Å². The Labute approximate surface area is 187 Å². The van der Waals surface area contributed by atoms with Crippen LogP contribution in [-0.4, -0.2) is 59.7 Å². The second-order valence-corrected chi connectivity index (χ2v) is 8.87. The molecule has 1 aliphatic rings. The van der Waals surface area contributed by atoms with E-state index in [1.54, 1.807) is 31.4 Å². The summed E-state index contributed by atoms with van der Waals surface area (Å²) in [6.07, 6.45) is 6.13. The zero-order chi connectivity index (χ0) is 22.1. The molecule has 9 heteroatoms. The standard InChI is InChI=1S/C22H31N5O3S/c1-16(27-13-5-3-4-6-14-27)11-12-23-20(28)17-7-9-18(10-8-17)24-21(29)22-26-25-19(31-22)15-30-2/h7-10,16H,3-6,11-15H2,1-2H3,(H,23,28)(H,24,29)/t16-/m0/s1. The number of hydrogen-bond acceptors (Lipinski definition) is 7. The number of ether oxygens (including phenoxy) is 1. The van der Waals surface area contributed by atoms with Gasteiger partial charge in [-0.15, -0.1) is 10.2 Å². The van der Waals surface area contributed by atoms with Crippen LogP contribution in [0, 0.1) is 0 Å². The lowest BCUT2D eigenvalue weighted by Gasteiger charge is -2.27. The summed E-state index contributed by atoms with van der Waals surface area (Å²) in [5, 5.41) is 14.5. The topological polar surface area (TPSA) is 96.5 Å². The zero-order valence-electron chi connectivity index (χ0n) is 18.2. The highest BCUT2D eigenvalue weighted by Crippen LogP contribution is 2.16. The Hall–Kier alpha value is -2.36. The van der Waals surface area contributed by atoms with Gasteiger partial charge in [0, 0.05) is 30.9 Å². The van der Waals surface area contributed by atoms with Crippen molar-refractivity contribution in [3.63, 3.8) is 0 Å². The fourth-order valence-electron chi connectivity index (χ4n) is 3.63. The van der Waals surface area contributed by atoms with Gasteiger partial charge in [0.15, 0.2) is 0 Å². The maximum Gasteiger partial charge on any atom is 0.286 e. The molecule has 2 N–H and O–H groups in total. The summed E-state index contributed by atoms with van der Waals surface area (Å²) in [5.74, 6) is -0.436. The molecule has 0 unspecified atom stereocenters. The molecular weight excluding hydrogens is 414 g/mol. The molecule has 1 aromatic carbocycles. The molecule has 2 heterocycles. The van der Waals surface area contributed by atoms with Crippen LogP contribution in [0.15, 0.2) is 24.3 Å². The first-order valence-electron chi connectivity index (χ1n) is 10.8. The van der Waals surface area contributed by atoms with Gasteiger partial charge in [-0.3, -0.25) is 9.59 Å². The van der Waals surface area contributed by atoms with Crippen molar-refractivity contribution in [3.05, 3.63) is 39.8 Å². The van der Waals surface area contributed by atoms with Crippen molar-refractivity contribution in [1.82, 2.24) is 20.4 Å². The Kier molecular flexibility index (Phi) is 8.93. The monoisotopic (exact) mass is 445 g/mol. The highest BCUT2D eigenvalue weighted by Gasteiger charge is 2.16. The molecule has 168 valence electrons. The predicted molar refractivity (Wildman–Crippen MR) is 121 cm³/mol. The molecule has 1 atom stereocenters. The number of rotatable bonds is 9. The number of nitrogens with zero attached hydrogens (tertiary/aromatic N) is 3. The van der Waals surface area contributed by atoms with Crippen molar-refractivity contribution >= 4 is 28.8 Å². The molecule has 1 aliphatic heterocycles. The molecule has 2 amide bonds. The molecule has 0 bridgehead atoms. The Morgan fingerprint density at radius 2 is 1.81 bits per heavy atom. The van der Waals surface area contributed by atoms with E-state index in [0.717, 1.165) is 19.5 Å². The summed E-state index contributed by atoms with van der Waals surface area (Å²) in [6.45, 7) is 5.53. The molecule has 31 heavy (non-hydrogen) atoms. The maximum atomic E-state index is 12.4. The van der Waals surface area contributed by atoms with Crippen molar-refractivity contribution in [3.8, 4) is 0 Å². The SMILES string of the molecule is COCc1nnc(C(=O)Nc2ccc(C(=O)NCC[C@H](C)N3CCCCCC3)cc2)s1. The minimum absolute atomic E-state index is 0.103. The summed E-state index contributed by atoms with van der Waals surface area (Å²) in [4.78, 5) is 27.3. The molecule has 8 nitrogen and oxygen atoms in total. The number of likely N-dealkylation sites (tertiary alicyclic amines) is 1. The summed E-state index contributed by atoms with van der Waals surface area (Å²) in [7, 11) is 1.56. The second kappa shape index (κ2) is 11.9. The smallest absolute Gasteiger partial charge is 0.286 e. The van der Waals surface area contributed by atoms with Gasteiger partial charge in [0.1, 0.15) is 5.01 Å². The first-order chi connectivity index (χ1) is 15.1. The van der Waals surface area contributed by atoms with Gasteiger partial charge in [0.25, 0.3) is 11.8 Å². The lowest BCUT2D eigenvalue weighted by atomic mass is 10.1. The number of methoxy groups -OCH3 is 1. The van der Waals surface area contributed by atoms with Gasteiger partial charge in [0.05, 0.1) is 6.61 Å². The first kappa shape index (κ1) is 23.3. The Morgan fingerprint density at radius 3 is 2.48 bits per heavy atom. The van der Waals surface area contributed by atoms with E-state index in [1.165, 1.54) is 37.0 Å². The van der Waals surface area contributed by atoms with Crippen molar-refractivity contribution in [2.75, 3.05) is 32.1 Å². The molecular formula is C22H31N5O3S. The number of hydrogen-bond donors (Lipinski definition) is 2. The molecule has 1 aromatic heterocycles. The molecule has 1 saturated heterocycles. The third kappa shape index (κ3) is 7.09. The average Bonchev–Trinajstić information content (AvgIpc) is 3.07. The number of nitrogens with one attached hydrogen (secondary N) is 2. The van der Waals surface area contributed by atoms with Gasteiger partial charge in [-0.25, -0.2) is 0 Å². The molecule has 0 spiro atoms. The summed E-state index contributed by atoms with van der Waals surface area (Å²) in [6, 6.07) is 7.31. The number of benzene rings is 1. The molecule has 0 aliphatic carbocycles. The minimum atomic E-state index is -0.334. The number of aromatic nitrogens is 2. The van der Waals surface area contributed by atoms with Crippen LogP contribution in [0.1, 0.15) is 64.2 Å². The maximum absolute atomic E-state index is 12.4. The van der Waals surface area contributed by atoms with E-state index < -0.39 is 0 Å². The van der Waals surface area contributed by atoms with E-state index in [9.17, 15) is 9.59 Å². The van der Waals surface area contributed by atoms with Gasteiger partial charge in [-0.05, 0) is 63.5 Å². The van der Waals surface area contributed by atoms with Gasteiger partial charge in [0.2, 0.25) is 5.01 Å². The normalized spacial score (nSPS) is 15.8. The summed E-state index contributed by atoms with van der Waals surface area (Å²) >= 11 is 1.19. The van der Waals surface area contributed by atoms with Crippen molar-refractivity contribution < 1.29 is 14.3 Å². The number of carbonyl (C=O) groups is 2. The van der Waals surface area contributed by atoms with Crippen LogP contribution in [-0.2, 0) is 11.3 Å². The second-order valence-electron chi connectivity index (χ2n) is 7.81. The Morgan fingerprint density at radius 1 is 1.10 bits per heavy atom. The number of amides is 2. The Bertz CT molecular complexity index is 847. The quantitative estimate of drug-likeness (QED) is 0.615. The number of carbonyl (C=O) groups excluding carboxylic acids is 2. The van der Waals surface area contributed by atoms with E-state index in [1.807, 2.05) is 0 Å². The highest BCUT2D eigenvalue weighted by atomic mass is 32.1. The first-order valence-corrected chi connectivity index (χ1v) is 11.6. The van der Waals surface area contributed by atoms with Crippen LogP contribution in [0.5, 0.6) is 0 Å². The fraction of sp³-hybridized carbons (Fsp3) is 0.545. The third-order valence-corrected chi connectivity index (χ3v) is 6.34. The predicted octanol–water partition coefficient (Wildman–Crippen LogP) is 3.32. The van der Waals surface area contributed by atoms with Crippen LogP contribution in [0.3, 0.4) is 0 Å². The highest BCUT2D eigenvalue weighted by molar-refractivity contribution is 7.13. The summed E-state index contributed by atoms with van der Waals surface area (Å²) < 4.78 is 4.99. The average molecular weight is 446 g/mol. The lowest BCUT2D eigenvalue weighted by molar-refractivity contribution is 0.0947.